The van der Waals surface area contributed by atoms with Gasteiger partial charge in [0.25, 0.3) is 0 Å². The van der Waals surface area contributed by atoms with E-state index in [1.54, 1.807) is 32.7 Å². The highest BCUT2D eigenvalue weighted by Crippen LogP contribution is 2.21. The molecule has 0 spiro atoms. The van der Waals surface area contributed by atoms with Gasteiger partial charge in [-0.05, 0) is 18.8 Å². The highest BCUT2D eigenvalue weighted by molar-refractivity contribution is 5.83. The molecule has 6 heteroatoms. The number of rotatable bonds is 3. The van der Waals surface area contributed by atoms with Crippen molar-refractivity contribution in [1.29, 1.82) is 0 Å². The molecule has 1 aliphatic rings. The van der Waals surface area contributed by atoms with Gasteiger partial charge < -0.3 is 20.1 Å². The molecule has 0 aliphatic carbocycles. The molecule has 1 aliphatic heterocycles. The van der Waals surface area contributed by atoms with Crippen LogP contribution in [0.4, 0.5) is 4.79 Å². The second-order valence-corrected chi connectivity index (χ2v) is 6.13. The lowest BCUT2D eigenvalue weighted by atomic mass is 9.87. The Balaban J connectivity index is 2.69. The number of carboxylic acids is 1. The van der Waals surface area contributed by atoms with Gasteiger partial charge in [0.1, 0.15) is 6.04 Å². The van der Waals surface area contributed by atoms with Gasteiger partial charge in [0.2, 0.25) is 0 Å². The number of likely N-dealkylation sites (N-methyl/N-ethyl adjacent to an activating group) is 1. The Morgan fingerprint density at radius 1 is 1.42 bits per heavy atom. The fourth-order valence-corrected chi connectivity index (χ4v) is 2.25. The van der Waals surface area contributed by atoms with E-state index >= 15 is 0 Å². The van der Waals surface area contributed by atoms with Gasteiger partial charge in [-0.15, -0.1) is 0 Å². The first-order valence-electron chi connectivity index (χ1n) is 6.52. The Labute approximate surface area is 114 Å². The van der Waals surface area contributed by atoms with E-state index in [1.807, 2.05) is 6.92 Å². The molecule has 0 bridgehead atoms. The third-order valence-corrected chi connectivity index (χ3v) is 3.53. The second-order valence-electron chi connectivity index (χ2n) is 6.13. The van der Waals surface area contributed by atoms with Gasteiger partial charge in [-0.2, -0.15) is 0 Å². The third-order valence-electron chi connectivity index (χ3n) is 3.53. The van der Waals surface area contributed by atoms with Crippen LogP contribution < -0.4 is 5.32 Å². The predicted octanol–water partition coefficient (Wildman–Crippen LogP) is 1.30. The minimum absolute atomic E-state index is 0.00517. The van der Waals surface area contributed by atoms with Crippen LogP contribution in [0.1, 0.15) is 34.1 Å². The summed E-state index contributed by atoms with van der Waals surface area (Å²) in [5.74, 6) is -1.02. The van der Waals surface area contributed by atoms with E-state index in [4.69, 9.17) is 4.74 Å². The average Bonchev–Trinajstić information content (AvgIpc) is 2.68. The maximum atomic E-state index is 12.1. The van der Waals surface area contributed by atoms with Gasteiger partial charge in [-0.25, -0.2) is 9.59 Å². The lowest BCUT2D eigenvalue weighted by molar-refractivity contribution is -0.142. The van der Waals surface area contributed by atoms with E-state index in [0.29, 0.717) is 6.61 Å². The van der Waals surface area contributed by atoms with Crippen molar-refractivity contribution in [2.75, 3.05) is 13.7 Å². The molecule has 1 rings (SSSR count). The van der Waals surface area contributed by atoms with Crippen LogP contribution in [0, 0.1) is 5.41 Å². The Morgan fingerprint density at radius 3 is 2.37 bits per heavy atom. The molecule has 110 valence electrons. The smallest absolute Gasteiger partial charge is 0.326 e. The number of carbonyl (C=O) groups is 2. The Hall–Kier alpha value is -1.30. The monoisotopic (exact) mass is 272 g/mol. The summed E-state index contributed by atoms with van der Waals surface area (Å²) in [6.07, 6.45) is 0.756. The van der Waals surface area contributed by atoms with Crippen LogP contribution in [0.2, 0.25) is 0 Å². The van der Waals surface area contributed by atoms with Crippen molar-refractivity contribution in [3.8, 4) is 0 Å². The molecule has 0 radical (unpaired) electrons. The summed E-state index contributed by atoms with van der Waals surface area (Å²) in [6, 6.07) is -1.29. The molecule has 1 saturated heterocycles. The van der Waals surface area contributed by atoms with Crippen LogP contribution in [-0.2, 0) is 9.53 Å². The zero-order valence-electron chi connectivity index (χ0n) is 12.3. The molecule has 1 heterocycles. The second kappa shape index (κ2) is 5.77. The predicted molar refractivity (Wildman–Crippen MR) is 71.0 cm³/mol. The minimum Gasteiger partial charge on any atom is -0.480 e. The van der Waals surface area contributed by atoms with Crippen molar-refractivity contribution in [1.82, 2.24) is 10.2 Å². The number of hydrogen-bond acceptors (Lipinski definition) is 3. The van der Waals surface area contributed by atoms with Gasteiger partial charge in [0, 0.05) is 13.7 Å². The van der Waals surface area contributed by atoms with Crippen molar-refractivity contribution in [3.05, 3.63) is 0 Å². The first-order valence-corrected chi connectivity index (χ1v) is 6.52. The van der Waals surface area contributed by atoms with E-state index in [9.17, 15) is 14.7 Å². The van der Waals surface area contributed by atoms with E-state index in [1.165, 1.54) is 0 Å². The number of hydrogen-bond donors (Lipinski definition) is 2. The third kappa shape index (κ3) is 3.83. The summed E-state index contributed by atoms with van der Waals surface area (Å²) in [6.45, 7) is 7.90. The van der Waals surface area contributed by atoms with E-state index < -0.39 is 17.4 Å². The number of carbonyl (C=O) groups excluding carboxylic acids is 1. The van der Waals surface area contributed by atoms with Crippen molar-refractivity contribution in [2.45, 2.75) is 52.3 Å². The van der Waals surface area contributed by atoms with E-state index in [0.717, 1.165) is 6.42 Å². The molecule has 3 unspecified atom stereocenters. The molecular formula is C13H24N2O4. The SMILES string of the molecule is CC1OCCC1N(C)C(=O)NC(C(=O)O)C(C)(C)C. The Bertz CT molecular complexity index is 351. The molecular weight excluding hydrogens is 248 g/mol. The number of nitrogens with zero attached hydrogens (tertiary/aromatic N) is 1. The molecule has 3 atom stereocenters. The molecule has 0 aromatic carbocycles. The van der Waals surface area contributed by atoms with Crippen LogP contribution in [0.25, 0.3) is 0 Å². The van der Waals surface area contributed by atoms with Crippen LogP contribution in [0.3, 0.4) is 0 Å². The van der Waals surface area contributed by atoms with Gasteiger partial charge >= 0.3 is 12.0 Å². The van der Waals surface area contributed by atoms with Gasteiger partial charge in [0.05, 0.1) is 12.1 Å². The van der Waals surface area contributed by atoms with Crippen molar-refractivity contribution in [3.63, 3.8) is 0 Å². The summed E-state index contributed by atoms with van der Waals surface area (Å²) in [7, 11) is 1.67. The summed E-state index contributed by atoms with van der Waals surface area (Å²) in [4.78, 5) is 24.9. The average molecular weight is 272 g/mol. The molecule has 6 nitrogen and oxygen atoms in total. The maximum Gasteiger partial charge on any atom is 0.326 e. The van der Waals surface area contributed by atoms with Crippen LogP contribution >= 0.6 is 0 Å². The summed E-state index contributed by atoms with van der Waals surface area (Å²) < 4.78 is 5.42. The molecule has 0 aromatic heterocycles. The maximum absolute atomic E-state index is 12.1. The zero-order valence-corrected chi connectivity index (χ0v) is 12.3. The lowest BCUT2D eigenvalue weighted by Gasteiger charge is -2.32. The lowest BCUT2D eigenvalue weighted by Crippen LogP contribution is -2.55. The Kier molecular flexibility index (Phi) is 4.79. The fraction of sp³-hybridized carbons (Fsp3) is 0.846. The largest absolute Gasteiger partial charge is 0.480 e. The molecule has 1 fully saturated rings. The molecule has 2 N–H and O–H groups in total. The quantitative estimate of drug-likeness (QED) is 0.811. The van der Waals surface area contributed by atoms with Crippen molar-refractivity contribution < 1.29 is 19.4 Å². The Morgan fingerprint density at radius 2 is 2.00 bits per heavy atom. The van der Waals surface area contributed by atoms with Crippen LogP contribution in [0.5, 0.6) is 0 Å². The summed E-state index contributed by atoms with van der Waals surface area (Å²) >= 11 is 0. The van der Waals surface area contributed by atoms with Gasteiger partial charge in [-0.1, -0.05) is 20.8 Å². The van der Waals surface area contributed by atoms with Crippen molar-refractivity contribution in [2.24, 2.45) is 5.41 Å². The van der Waals surface area contributed by atoms with E-state index in [-0.39, 0.29) is 18.2 Å². The zero-order chi connectivity index (χ0) is 14.8. The molecule has 2 amide bonds. The molecule has 0 saturated carbocycles. The minimum atomic E-state index is -1.02. The number of ether oxygens (including phenoxy) is 1. The number of urea groups is 1. The molecule has 0 aromatic rings. The summed E-state index contributed by atoms with van der Waals surface area (Å²) in [5, 5.41) is 11.8. The molecule has 19 heavy (non-hydrogen) atoms. The van der Waals surface area contributed by atoms with Crippen molar-refractivity contribution >= 4 is 12.0 Å². The van der Waals surface area contributed by atoms with Crippen LogP contribution in [-0.4, -0.2) is 53.8 Å². The summed E-state index contributed by atoms with van der Waals surface area (Å²) in [5.41, 5.74) is -0.542. The highest BCUT2D eigenvalue weighted by Gasteiger charge is 2.36. The number of carboxylic acid groups (broad SMARTS) is 1. The number of aliphatic carboxylic acids is 1. The first-order chi connectivity index (χ1) is 8.64. The topological polar surface area (TPSA) is 78.9 Å². The first kappa shape index (κ1) is 15.8. The van der Waals surface area contributed by atoms with Crippen LogP contribution in [0.15, 0.2) is 0 Å². The normalized spacial score (nSPS) is 24.9. The number of nitrogens with one attached hydrogen (secondary N) is 1. The standard InChI is InChI=1S/C13H24N2O4/c1-8-9(6-7-19-8)15(5)12(18)14-10(11(16)17)13(2,3)4/h8-10H,6-7H2,1-5H3,(H,14,18)(H,16,17). The number of amides is 2. The highest BCUT2D eigenvalue weighted by atomic mass is 16.5. The fourth-order valence-electron chi connectivity index (χ4n) is 2.25. The van der Waals surface area contributed by atoms with Gasteiger partial charge in [-0.3, -0.25) is 0 Å². The van der Waals surface area contributed by atoms with Gasteiger partial charge in [0.15, 0.2) is 0 Å². The van der Waals surface area contributed by atoms with E-state index in [2.05, 4.69) is 5.32 Å².